The lowest BCUT2D eigenvalue weighted by Gasteiger charge is -2.42. The molecule has 1 saturated heterocycles. The van der Waals surface area contributed by atoms with Gasteiger partial charge in [0, 0.05) is 74.1 Å². The molecule has 0 bridgehead atoms. The first kappa shape index (κ1) is 28.9. The highest BCUT2D eigenvalue weighted by Gasteiger charge is 2.34. The Morgan fingerprint density at radius 2 is 1.88 bits per heavy atom. The Kier molecular flexibility index (Phi) is 8.36. The van der Waals surface area contributed by atoms with Crippen molar-refractivity contribution in [3.05, 3.63) is 94.3 Å². The van der Waals surface area contributed by atoms with Crippen molar-refractivity contribution in [2.24, 2.45) is 4.99 Å². The highest BCUT2D eigenvalue weighted by Crippen LogP contribution is 2.35. The summed E-state index contributed by atoms with van der Waals surface area (Å²) in [5.74, 6) is -1.06. The van der Waals surface area contributed by atoms with Crippen LogP contribution in [0.15, 0.2) is 59.6 Å². The predicted molar refractivity (Wildman–Crippen MR) is 161 cm³/mol. The molecule has 42 heavy (non-hydrogen) atoms. The molecule has 222 valence electrons. The third-order valence-corrected chi connectivity index (χ3v) is 8.82. The molecule has 0 spiro atoms. The van der Waals surface area contributed by atoms with Gasteiger partial charge in [0.05, 0.1) is 11.2 Å². The van der Waals surface area contributed by atoms with Gasteiger partial charge in [-0.05, 0) is 56.4 Å². The molecule has 9 heteroatoms. The zero-order valence-electron chi connectivity index (χ0n) is 24.4. The van der Waals surface area contributed by atoms with Crippen LogP contribution in [-0.4, -0.2) is 62.3 Å². The van der Waals surface area contributed by atoms with E-state index in [1.54, 1.807) is 0 Å². The van der Waals surface area contributed by atoms with Gasteiger partial charge >= 0.3 is 0 Å². The summed E-state index contributed by atoms with van der Waals surface area (Å²) in [6, 6.07) is 14.1. The van der Waals surface area contributed by atoms with Gasteiger partial charge in [-0.1, -0.05) is 42.5 Å². The van der Waals surface area contributed by atoms with Crippen LogP contribution >= 0.6 is 0 Å². The zero-order chi connectivity index (χ0) is 29.3. The molecule has 2 aromatic carbocycles. The summed E-state index contributed by atoms with van der Waals surface area (Å²) < 4.78 is 29.3. The molecule has 1 aromatic heterocycles. The van der Waals surface area contributed by atoms with Gasteiger partial charge < -0.3 is 5.11 Å². The quantitative estimate of drug-likeness (QED) is 0.332. The second-order valence-corrected chi connectivity index (χ2v) is 12.4. The summed E-state index contributed by atoms with van der Waals surface area (Å²) in [6.07, 6.45) is 7.35. The van der Waals surface area contributed by atoms with Gasteiger partial charge in [-0.3, -0.25) is 25.2 Å². The monoisotopic (exact) mass is 574 g/mol. The SMILES string of the molecule is CC1(C)CC(c2n[nH]c3c2CN(C(O)NC2CCC(c4ccccc4)N(Cc4c(F)cccc4F)C2)CC3)=CCC=N1. The summed E-state index contributed by atoms with van der Waals surface area (Å²) in [4.78, 5) is 8.86. The lowest BCUT2D eigenvalue weighted by molar-refractivity contribution is -0.0482. The maximum atomic E-state index is 14.7. The van der Waals surface area contributed by atoms with Crippen molar-refractivity contribution in [1.82, 2.24) is 25.3 Å². The topological polar surface area (TPSA) is 79.8 Å². The highest BCUT2D eigenvalue weighted by molar-refractivity contribution is 5.73. The number of hydrogen-bond donors (Lipinski definition) is 3. The first-order chi connectivity index (χ1) is 20.3. The van der Waals surface area contributed by atoms with Gasteiger partial charge in [0.25, 0.3) is 0 Å². The second kappa shape index (κ2) is 12.2. The molecule has 0 amide bonds. The Hall–Kier alpha value is -3.24. The van der Waals surface area contributed by atoms with E-state index in [9.17, 15) is 13.9 Å². The predicted octanol–water partition coefficient (Wildman–Crippen LogP) is 5.34. The van der Waals surface area contributed by atoms with Crippen molar-refractivity contribution < 1.29 is 13.9 Å². The van der Waals surface area contributed by atoms with Crippen LogP contribution in [0.3, 0.4) is 0 Å². The van der Waals surface area contributed by atoms with E-state index in [1.807, 2.05) is 29.3 Å². The number of rotatable bonds is 7. The molecule has 6 rings (SSSR count). The van der Waals surface area contributed by atoms with E-state index in [1.165, 1.54) is 23.8 Å². The molecule has 3 atom stereocenters. The molecule has 3 aromatic rings. The number of hydrogen-bond acceptors (Lipinski definition) is 6. The molecular weight excluding hydrogens is 534 g/mol. The number of aliphatic hydroxyl groups excluding tert-OH is 1. The smallest absolute Gasteiger partial charge is 0.163 e. The van der Waals surface area contributed by atoms with Crippen molar-refractivity contribution in [3.63, 3.8) is 0 Å². The van der Waals surface area contributed by atoms with Crippen LogP contribution in [0.4, 0.5) is 8.78 Å². The third kappa shape index (κ3) is 6.24. The Morgan fingerprint density at radius 3 is 2.67 bits per heavy atom. The molecule has 3 aliphatic heterocycles. The van der Waals surface area contributed by atoms with Crippen molar-refractivity contribution in [1.29, 1.82) is 0 Å². The molecule has 3 N–H and O–H groups in total. The number of likely N-dealkylation sites (tertiary alicyclic amines) is 1. The number of H-pyrrole nitrogens is 1. The lowest BCUT2D eigenvalue weighted by Crippen LogP contribution is -2.55. The number of allylic oxidation sites excluding steroid dienone is 1. The van der Waals surface area contributed by atoms with Crippen molar-refractivity contribution >= 4 is 11.8 Å². The van der Waals surface area contributed by atoms with E-state index in [2.05, 4.69) is 52.4 Å². The molecule has 1 fully saturated rings. The summed E-state index contributed by atoms with van der Waals surface area (Å²) in [6.45, 7) is 6.27. The number of nitrogens with zero attached hydrogens (tertiary/aromatic N) is 4. The van der Waals surface area contributed by atoms with E-state index in [0.29, 0.717) is 19.6 Å². The highest BCUT2D eigenvalue weighted by atomic mass is 19.1. The number of aromatic amines is 1. The second-order valence-electron chi connectivity index (χ2n) is 12.4. The maximum Gasteiger partial charge on any atom is 0.163 e. The molecule has 3 unspecified atom stereocenters. The zero-order valence-corrected chi connectivity index (χ0v) is 24.4. The van der Waals surface area contributed by atoms with Gasteiger partial charge in [0.1, 0.15) is 11.6 Å². The standard InChI is InChI=1S/C33H40F2N6O/c1-33(2)18-23(10-7-16-36-33)31-26-21-40(17-15-29(26)38-39-31)32(42)37-24-13-14-30(22-8-4-3-5-9-22)41(19-24)20-25-27(34)11-6-12-28(25)35/h3-6,8-12,16,24,30,32,37,42H,7,13-15,17-21H2,1-2H3,(H,38,39). The van der Waals surface area contributed by atoms with Gasteiger partial charge in [-0.15, -0.1) is 0 Å². The van der Waals surface area contributed by atoms with Crippen LogP contribution in [-0.2, 0) is 19.5 Å². The fraction of sp³-hybridized carbons (Fsp3) is 0.455. The Bertz CT molecular complexity index is 1430. The first-order valence-corrected chi connectivity index (χ1v) is 15.0. The Labute approximate surface area is 246 Å². The van der Waals surface area contributed by atoms with Gasteiger partial charge in [-0.2, -0.15) is 5.10 Å². The number of nitrogens with one attached hydrogen (secondary N) is 2. The third-order valence-electron chi connectivity index (χ3n) is 8.82. The number of piperidine rings is 1. The van der Waals surface area contributed by atoms with Crippen molar-refractivity contribution in [2.45, 2.75) is 83.0 Å². The number of aliphatic hydroxyl groups is 1. The summed E-state index contributed by atoms with van der Waals surface area (Å²) in [5.41, 5.74) is 5.45. The number of aliphatic imine (C=N–C) groups is 1. The van der Waals surface area contributed by atoms with E-state index in [4.69, 9.17) is 5.10 Å². The number of benzene rings is 2. The minimum absolute atomic E-state index is 0.0347. The fourth-order valence-corrected chi connectivity index (χ4v) is 6.66. The number of halogens is 2. The molecule has 7 nitrogen and oxygen atoms in total. The minimum Gasteiger partial charge on any atom is -0.365 e. The van der Waals surface area contributed by atoms with Crippen molar-refractivity contribution in [3.8, 4) is 0 Å². The fourth-order valence-electron chi connectivity index (χ4n) is 6.66. The normalized spacial score (nSPS) is 23.7. The van der Waals surface area contributed by atoms with E-state index in [0.717, 1.165) is 54.6 Å². The van der Waals surface area contributed by atoms with Crippen LogP contribution in [0, 0.1) is 11.6 Å². The molecule has 0 radical (unpaired) electrons. The average molecular weight is 575 g/mol. The molecule has 0 aliphatic carbocycles. The van der Waals surface area contributed by atoms with E-state index < -0.39 is 18.0 Å². The Balaban J connectivity index is 1.16. The average Bonchev–Trinajstić information content (AvgIpc) is 3.31. The summed E-state index contributed by atoms with van der Waals surface area (Å²) in [7, 11) is 0. The molecule has 0 saturated carbocycles. The molecule has 3 aliphatic rings. The van der Waals surface area contributed by atoms with Crippen LogP contribution in [0.5, 0.6) is 0 Å². The van der Waals surface area contributed by atoms with E-state index >= 15 is 0 Å². The first-order valence-electron chi connectivity index (χ1n) is 15.0. The van der Waals surface area contributed by atoms with Crippen LogP contribution in [0.2, 0.25) is 0 Å². The largest absolute Gasteiger partial charge is 0.365 e. The molecule has 4 heterocycles. The van der Waals surface area contributed by atoms with Gasteiger partial charge in [0.2, 0.25) is 0 Å². The van der Waals surface area contributed by atoms with Crippen LogP contribution in [0.1, 0.15) is 73.7 Å². The Morgan fingerprint density at radius 1 is 1.10 bits per heavy atom. The lowest BCUT2D eigenvalue weighted by atomic mass is 9.91. The van der Waals surface area contributed by atoms with E-state index in [-0.39, 0.29) is 29.7 Å². The number of fused-ring (bicyclic) bond motifs is 1. The number of aromatic nitrogens is 2. The van der Waals surface area contributed by atoms with Crippen molar-refractivity contribution in [2.75, 3.05) is 13.1 Å². The molecular formula is C33H40F2N6O. The van der Waals surface area contributed by atoms with Gasteiger partial charge in [0.15, 0.2) is 6.35 Å². The minimum atomic E-state index is -0.853. The van der Waals surface area contributed by atoms with Crippen LogP contribution in [0.25, 0.3) is 5.57 Å². The summed E-state index contributed by atoms with van der Waals surface area (Å²) in [5, 5.41) is 22.8. The van der Waals surface area contributed by atoms with Gasteiger partial charge in [-0.25, -0.2) is 8.78 Å². The maximum absolute atomic E-state index is 14.7. The van der Waals surface area contributed by atoms with Crippen LogP contribution < -0.4 is 5.32 Å². The summed E-state index contributed by atoms with van der Waals surface area (Å²) >= 11 is 0.